The van der Waals surface area contributed by atoms with Crippen LogP contribution >= 0.6 is 0 Å². The van der Waals surface area contributed by atoms with Crippen LogP contribution in [0.2, 0.25) is 0 Å². The zero-order chi connectivity index (χ0) is 43.8. The number of nitrogens with zero attached hydrogens (tertiary/aromatic N) is 4. The van der Waals surface area contributed by atoms with Crippen LogP contribution in [0.4, 0.5) is 5.69 Å². The first-order valence-electron chi connectivity index (χ1n) is 19.0. The van der Waals surface area contributed by atoms with Crippen LogP contribution in [-0.2, 0) is 68.3 Å². The molecule has 2 N–H and O–H groups in total. The van der Waals surface area contributed by atoms with Gasteiger partial charge in [-0.05, 0) is 48.3 Å². The van der Waals surface area contributed by atoms with E-state index in [0.717, 1.165) is 0 Å². The van der Waals surface area contributed by atoms with Crippen molar-refractivity contribution < 1.29 is 78.5 Å². The highest BCUT2D eigenvalue weighted by Crippen LogP contribution is 2.37. The number of ketones is 2. The summed E-state index contributed by atoms with van der Waals surface area (Å²) in [6, 6.07) is 6.40. The highest BCUT2D eigenvalue weighted by molar-refractivity contribution is 7.86. The number of hydrogen-bond acceptors (Lipinski definition) is 15. The van der Waals surface area contributed by atoms with Crippen LogP contribution < -0.4 is 4.90 Å². The predicted molar refractivity (Wildman–Crippen MR) is 207 cm³/mol. The van der Waals surface area contributed by atoms with Crippen LogP contribution in [-0.4, -0.2) is 131 Å². The summed E-state index contributed by atoms with van der Waals surface area (Å²) in [6.07, 6.45) is 6.17. The first-order chi connectivity index (χ1) is 28.3. The lowest BCUT2D eigenvalue weighted by molar-refractivity contribution is -0.526. The monoisotopic (exact) mass is 875 g/mol. The molecule has 0 unspecified atom stereocenters. The van der Waals surface area contributed by atoms with Crippen molar-refractivity contribution in [2.24, 2.45) is 0 Å². The average Bonchev–Trinajstić information content (AvgIpc) is 3.67. The van der Waals surface area contributed by atoms with Gasteiger partial charge in [-0.15, -0.1) is 10.1 Å². The van der Waals surface area contributed by atoms with E-state index in [1.54, 1.807) is 58.0 Å². The molecule has 2 saturated heterocycles. The number of hydrogen-bond donors (Lipinski definition) is 2. The number of imide groups is 2. The molecule has 322 valence electrons. The van der Waals surface area contributed by atoms with Crippen LogP contribution in [0.3, 0.4) is 0 Å². The second-order valence-electron chi connectivity index (χ2n) is 14.2. The minimum atomic E-state index is -4.26. The molecule has 2 aliphatic heterocycles. The van der Waals surface area contributed by atoms with Crippen molar-refractivity contribution in [2.75, 3.05) is 42.6 Å². The standard InChI is InChI=1S/C38H42N4O16S2/c43-29-15-16-30(44)41(29)57-33(47)5-1-19-39(21-3-23-59(51,52)53)27-11-7-25(8-12-27)35-37(49)36(38(35)50)26-9-13-28(14-10-26)40(22-4-24-60(54,55)56)20-2-6-34(48)58-42-31(45)17-18-32(42)46/h7-14,35H,1-6,15-24H2,(H-,51,52,53,54,55,56)/p+1. The van der Waals surface area contributed by atoms with E-state index >= 15 is 0 Å². The van der Waals surface area contributed by atoms with Crippen molar-refractivity contribution in [1.29, 1.82) is 0 Å². The SMILES string of the molecule is O=C(CCCN(CCCS(=O)(=O)O)c1ccc(C2C(=O)C(=C3C=CC(=[N+](CCCC(=O)ON4C(=O)CCC4=O)CCCS(=O)(=O)O)C=C3)C2=O)cc1)ON1C(=O)CCC1=O. The number of carbonyl (C=O) groups is 8. The molecule has 2 heterocycles. The molecule has 0 atom stereocenters. The maximum absolute atomic E-state index is 13.4. The van der Waals surface area contributed by atoms with Gasteiger partial charge in [-0.25, -0.2) is 14.2 Å². The minimum absolute atomic E-state index is 0.0266. The largest absolute Gasteiger partial charge is 0.371 e. The Morgan fingerprint density at radius 2 is 1.10 bits per heavy atom. The smallest absolute Gasteiger partial charge is 0.333 e. The highest BCUT2D eigenvalue weighted by Gasteiger charge is 2.46. The number of Topliss-reactive ketones (excluding diaryl/α,β-unsaturated/α-hetero) is 2. The Balaban J connectivity index is 1.22. The summed E-state index contributed by atoms with van der Waals surface area (Å²) in [5.74, 6) is -7.10. The van der Waals surface area contributed by atoms with E-state index in [1.165, 1.54) is 0 Å². The first kappa shape index (κ1) is 45.4. The van der Waals surface area contributed by atoms with Crippen molar-refractivity contribution in [2.45, 2.75) is 70.1 Å². The number of hydroxylamine groups is 4. The van der Waals surface area contributed by atoms with Gasteiger partial charge in [0, 0.05) is 75.9 Å². The Morgan fingerprint density at radius 1 is 0.650 bits per heavy atom. The molecule has 2 aliphatic carbocycles. The summed E-state index contributed by atoms with van der Waals surface area (Å²) in [5, 5.41) is 0.888. The summed E-state index contributed by atoms with van der Waals surface area (Å²) < 4.78 is 65.5. The molecule has 60 heavy (non-hydrogen) atoms. The summed E-state index contributed by atoms with van der Waals surface area (Å²) in [5.41, 5.74) is 1.82. The van der Waals surface area contributed by atoms with Gasteiger partial charge in [0.1, 0.15) is 19.0 Å². The molecule has 0 radical (unpaired) electrons. The molecule has 3 fully saturated rings. The van der Waals surface area contributed by atoms with Crippen molar-refractivity contribution >= 4 is 78.8 Å². The molecular formula is C38H43N4O16S2+. The molecule has 0 aromatic heterocycles. The molecule has 22 heteroatoms. The molecule has 0 bridgehead atoms. The van der Waals surface area contributed by atoms with Gasteiger partial charge < -0.3 is 14.6 Å². The number of amides is 4. The molecule has 4 aliphatic rings. The fourth-order valence-corrected chi connectivity index (χ4v) is 7.80. The van der Waals surface area contributed by atoms with E-state index < -0.39 is 84.8 Å². The van der Waals surface area contributed by atoms with E-state index in [2.05, 4.69) is 0 Å². The molecular weight excluding hydrogens is 833 g/mol. The fourth-order valence-electron chi connectivity index (χ4n) is 6.81. The van der Waals surface area contributed by atoms with Gasteiger partial charge in [-0.3, -0.25) is 37.9 Å². The number of anilines is 1. The molecule has 1 aromatic carbocycles. The number of carbonyl (C=O) groups excluding carboxylic acids is 8. The third-order valence-corrected chi connectivity index (χ3v) is 11.4. The van der Waals surface area contributed by atoms with E-state index in [4.69, 9.17) is 9.68 Å². The quantitative estimate of drug-likeness (QED) is 0.0460. The van der Waals surface area contributed by atoms with Crippen LogP contribution in [0.5, 0.6) is 0 Å². The normalized spacial score (nSPS) is 18.2. The van der Waals surface area contributed by atoms with Gasteiger partial charge >= 0.3 is 11.9 Å². The van der Waals surface area contributed by atoms with Crippen LogP contribution in [0.25, 0.3) is 0 Å². The van der Waals surface area contributed by atoms with E-state index in [9.17, 15) is 64.3 Å². The second kappa shape index (κ2) is 19.6. The Bertz CT molecular complexity index is 2250. The topological polar surface area (TPSA) is 276 Å². The van der Waals surface area contributed by atoms with Gasteiger partial charge in [0.25, 0.3) is 43.9 Å². The molecule has 1 saturated carbocycles. The summed E-state index contributed by atoms with van der Waals surface area (Å²) in [7, 11) is -8.51. The third kappa shape index (κ3) is 12.2. The number of rotatable bonds is 20. The lowest BCUT2D eigenvalue weighted by atomic mass is 9.70. The van der Waals surface area contributed by atoms with Crippen molar-refractivity contribution in [3.63, 3.8) is 0 Å². The Kier molecular flexibility index (Phi) is 14.8. The average molecular weight is 876 g/mol. The van der Waals surface area contributed by atoms with Crippen LogP contribution in [0.15, 0.2) is 59.7 Å². The van der Waals surface area contributed by atoms with Gasteiger partial charge in [-0.1, -0.05) is 12.1 Å². The summed E-state index contributed by atoms with van der Waals surface area (Å²) in [4.78, 5) is 110. The van der Waals surface area contributed by atoms with Crippen molar-refractivity contribution in [3.05, 3.63) is 65.3 Å². The second-order valence-corrected chi connectivity index (χ2v) is 17.4. The Labute approximate surface area is 344 Å². The molecule has 5 rings (SSSR count). The fraction of sp³-hybridized carbons (Fsp3) is 0.447. The number of benzene rings is 1. The summed E-state index contributed by atoms with van der Waals surface area (Å²) >= 11 is 0. The van der Waals surface area contributed by atoms with E-state index in [-0.39, 0.29) is 96.0 Å². The van der Waals surface area contributed by atoms with Gasteiger partial charge in [0.15, 0.2) is 17.3 Å². The van der Waals surface area contributed by atoms with Gasteiger partial charge in [0.05, 0.1) is 23.5 Å². The minimum Gasteiger partial charge on any atom is -0.371 e. The third-order valence-electron chi connectivity index (χ3n) is 9.81. The van der Waals surface area contributed by atoms with Crippen LogP contribution in [0.1, 0.15) is 75.7 Å². The summed E-state index contributed by atoms with van der Waals surface area (Å²) in [6.45, 7) is 0.671. The predicted octanol–water partition coefficient (Wildman–Crippen LogP) is 0.935. The van der Waals surface area contributed by atoms with Crippen molar-refractivity contribution in [1.82, 2.24) is 10.1 Å². The lowest BCUT2D eigenvalue weighted by Crippen LogP contribution is -2.39. The highest BCUT2D eigenvalue weighted by atomic mass is 32.2. The molecule has 0 spiro atoms. The zero-order valence-corrected chi connectivity index (χ0v) is 33.9. The Hall–Kier alpha value is -5.71. The zero-order valence-electron chi connectivity index (χ0n) is 32.2. The van der Waals surface area contributed by atoms with E-state index in [1.807, 2.05) is 0 Å². The van der Waals surface area contributed by atoms with Crippen LogP contribution in [0, 0.1) is 0 Å². The molecule has 4 amide bonds. The maximum atomic E-state index is 13.4. The first-order valence-corrected chi connectivity index (χ1v) is 22.2. The van der Waals surface area contributed by atoms with Gasteiger partial charge in [0.2, 0.25) is 0 Å². The Morgan fingerprint density at radius 3 is 1.60 bits per heavy atom. The van der Waals surface area contributed by atoms with Gasteiger partial charge in [-0.2, -0.15) is 16.8 Å². The number of allylic oxidation sites excluding steroid dienone is 6. The van der Waals surface area contributed by atoms with E-state index in [0.29, 0.717) is 32.7 Å². The lowest BCUT2D eigenvalue weighted by Gasteiger charge is -2.29. The van der Waals surface area contributed by atoms with Crippen molar-refractivity contribution in [3.8, 4) is 0 Å². The molecule has 20 nitrogen and oxygen atoms in total. The maximum Gasteiger partial charge on any atom is 0.333 e. The molecule has 1 aromatic rings.